The number of carbonyl (C=O) groups excluding carboxylic acids is 2. The molecular formula is C26H36N2O3S. The molecule has 0 heterocycles. The first-order chi connectivity index (χ1) is 15.1. The number of nitrogens with zero attached hydrogens (tertiary/aromatic N) is 2. The molecule has 2 aromatic carbocycles. The fourth-order valence-corrected chi connectivity index (χ4v) is 4.17. The molecule has 32 heavy (non-hydrogen) atoms. The Bertz CT molecular complexity index is 899. The molecule has 0 aliphatic carbocycles. The summed E-state index contributed by atoms with van der Waals surface area (Å²) in [5, 5.41) is 1.51. The minimum Gasteiger partial charge on any atom is -0.295 e. The van der Waals surface area contributed by atoms with Gasteiger partial charge in [0.15, 0.2) is 0 Å². The quantitative estimate of drug-likeness (QED) is 0.196. The van der Waals surface area contributed by atoms with Gasteiger partial charge in [-0.2, -0.15) is 4.41 Å². The second-order valence-electron chi connectivity index (χ2n) is 9.04. The molecule has 2 aromatic rings. The number of hydrogen-bond acceptors (Lipinski definition) is 4. The zero-order valence-corrected chi connectivity index (χ0v) is 21.2. The van der Waals surface area contributed by atoms with E-state index in [2.05, 4.69) is 13.8 Å². The Kier molecular flexibility index (Phi) is 9.34. The van der Waals surface area contributed by atoms with Crippen LogP contribution >= 0.6 is 12.2 Å². The number of rotatable bonds is 8. The summed E-state index contributed by atoms with van der Waals surface area (Å²) in [5.41, 5.74) is 3.56. The highest BCUT2D eigenvalue weighted by Gasteiger charge is 2.37. The van der Waals surface area contributed by atoms with Gasteiger partial charge in [-0.15, -0.1) is 0 Å². The van der Waals surface area contributed by atoms with E-state index in [1.165, 1.54) is 9.42 Å². The van der Waals surface area contributed by atoms with E-state index in [0.717, 1.165) is 48.2 Å². The number of aryl methyl sites for hydroxylation is 3. The van der Waals surface area contributed by atoms with Crippen LogP contribution in [0.2, 0.25) is 0 Å². The Labute approximate surface area is 197 Å². The topological polar surface area (TPSA) is 49.9 Å². The maximum absolute atomic E-state index is 13.7. The fraction of sp³-hybridized carbons (Fsp3) is 0.462. The lowest BCUT2D eigenvalue weighted by Crippen LogP contribution is -2.55. The Morgan fingerprint density at radius 3 is 2.00 bits per heavy atom. The lowest BCUT2D eigenvalue weighted by molar-refractivity contribution is -0.00310. The highest BCUT2D eigenvalue weighted by molar-refractivity contribution is 7.92. The molecule has 0 aromatic heterocycles. The molecule has 0 fully saturated rings. The molecule has 0 aliphatic rings. The van der Waals surface area contributed by atoms with Crippen LogP contribution < -0.4 is 0 Å². The van der Waals surface area contributed by atoms with E-state index in [1.807, 2.05) is 77.1 Å². The Morgan fingerprint density at radius 2 is 1.50 bits per heavy atom. The van der Waals surface area contributed by atoms with Gasteiger partial charge in [0.2, 0.25) is 0 Å². The van der Waals surface area contributed by atoms with Crippen molar-refractivity contribution in [2.24, 2.45) is 0 Å². The van der Waals surface area contributed by atoms with Crippen LogP contribution in [0.3, 0.4) is 0 Å². The van der Waals surface area contributed by atoms with E-state index in [-0.39, 0.29) is 11.8 Å². The van der Waals surface area contributed by atoms with Crippen molar-refractivity contribution < 1.29 is 13.8 Å². The molecule has 0 radical (unpaired) electrons. The summed E-state index contributed by atoms with van der Waals surface area (Å²) in [6, 6.07) is 13.2. The molecular weight excluding hydrogens is 420 g/mol. The summed E-state index contributed by atoms with van der Waals surface area (Å²) in [7, 11) is 0. The van der Waals surface area contributed by atoms with Crippen LogP contribution in [0.1, 0.15) is 84.9 Å². The molecule has 0 aliphatic heterocycles. The predicted octanol–water partition coefficient (Wildman–Crippen LogP) is 6.54. The lowest BCUT2D eigenvalue weighted by atomic mass is 10.0. The summed E-state index contributed by atoms with van der Waals surface area (Å²) in [4.78, 5) is 27.3. The van der Waals surface area contributed by atoms with Crippen LogP contribution in [0.15, 0.2) is 42.5 Å². The van der Waals surface area contributed by atoms with Crippen molar-refractivity contribution >= 4 is 24.0 Å². The molecule has 2 amide bonds. The molecule has 174 valence electrons. The van der Waals surface area contributed by atoms with Gasteiger partial charge >= 0.3 is 0 Å². The maximum Gasteiger partial charge on any atom is 0.284 e. The van der Waals surface area contributed by atoms with Gasteiger partial charge in [-0.05, 0) is 77.3 Å². The largest absolute Gasteiger partial charge is 0.295 e. The first-order valence-corrected chi connectivity index (χ1v) is 11.9. The average molecular weight is 457 g/mol. The van der Waals surface area contributed by atoms with Gasteiger partial charge in [-0.3, -0.25) is 13.8 Å². The molecule has 0 N–H and O–H groups in total. The second kappa shape index (κ2) is 11.5. The number of amides is 2. The Hall–Kier alpha value is -2.31. The number of benzene rings is 2. The number of hydrazine groups is 1. The molecule has 0 unspecified atom stereocenters. The van der Waals surface area contributed by atoms with Crippen molar-refractivity contribution in [2.75, 3.05) is 6.61 Å². The van der Waals surface area contributed by atoms with Crippen molar-refractivity contribution in [1.82, 2.24) is 9.42 Å². The molecule has 2 rings (SSSR count). The van der Waals surface area contributed by atoms with Crippen LogP contribution in [0.25, 0.3) is 0 Å². The molecule has 0 saturated heterocycles. The predicted molar refractivity (Wildman–Crippen MR) is 132 cm³/mol. The SMILES string of the molecule is CCCCOSN(C(=O)c1ccc(CC)cc1)N(C(=O)c1cc(C)cc(C)c1)C(C)(C)C. The first-order valence-electron chi connectivity index (χ1n) is 11.2. The van der Waals surface area contributed by atoms with E-state index in [1.54, 1.807) is 0 Å². The van der Waals surface area contributed by atoms with E-state index in [9.17, 15) is 9.59 Å². The number of unbranched alkanes of at least 4 members (excludes halogenated alkanes) is 1. The van der Waals surface area contributed by atoms with Gasteiger partial charge < -0.3 is 0 Å². The minimum absolute atomic E-state index is 0.241. The fourth-order valence-electron chi connectivity index (χ4n) is 3.32. The highest BCUT2D eigenvalue weighted by atomic mass is 32.2. The van der Waals surface area contributed by atoms with Crippen molar-refractivity contribution in [3.63, 3.8) is 0 Å². The van der Waals surface area contributed by atoms with Crippen LogP contribution in [0.5, 0.6) is 0 Å². The molecule has 5 nitrogen and oxygen atoms in total. The highest BCUT2D eigenvalue weighted by Crippen LogP contribution is 2.29. The second-order valence-corrected chi connectivity index (χ2v) is 9.77. The third-order valence-corrected chi connectivity index (χ3v) is 5.71. The Morgan fingerprint density at radius 1 is 0.906 bits per heavy atom. The summed E-state index contributed by atoms with van der Waals surface area (Å²) in [6.07, 6.45) is 2.75. The lowest BCUT2D eigenvalue weighted by Gasteiger charge is -2.41. The first kappa shape index (κ1) is 25.9. The molecule has 0 saturated carbocycles. The van der Waals surface area contributed by atoms with E-state index >= 15 is 0 Å². The molecule has 6 heteroatoms. The van der Waals surface area contributed by atoms with E-state index in [4.69, 9.17) is 4.18 Å². The minimum atomic E-state index is -0.658. The van der Waals surface area contributed by atoms with Gasteiger partial charge in [0, 0.05) is 11.1 Å². The summed E-state index contributed by atoms with van der Waals surface area (Å²) in [6.45, 7) is 14.3. The van der Waals surface area contributed by atoms with E-state index < -0.39 is 5.54 Å². The third-order valence-electron chi connectivity index (χ3n) is 4.97. The zero-order valence-electron chi connectivity index (χ0n) is 20.4. The van der Waals surface area contributed by atoms with Crippen molar-refractivity contribution in [3.8, 4) is 0 Å². The van der Waals surface area contributed by atoms with Gasteiger partial charge in [0.25, 0.3) is 11.8 Å². The average Bonchev–Trinajstić information content (AvgIpc) is 2.73. The third kappa shape index (κ3) is 6.84. The van der Waals surface area contributed by atoms with Gasteiger partial charge in [-0.25, -0.2) is 5.01 Å². The molecule has 0 bridgehead atoms. The maximum atomic E-state index is 13.7. The van der Waals surface area contributed by atoms with Crippen LogP contribution in [-0.4, -0.2) is 33.4 Å². The van der Waals surface area contributed by atoms with Gasteiger partial charge in [-0.1, -0.05) is 49.6 Å². The summed E-state index contributed by atoms with van der Waals surface area (Å²) >= 11 is 0.930. The number of hydrogen-bond donors (Lipinski definition) is 0. The van der Waals surface area contributed by atoms with Crippen molar-refractivity contribution in [2.45, 2.75) is 73.3 Å². The summed E-state index contributed by atoms with van der Waals surface area (Å²) in [5.74, 6) is -0.531. The number of carbonyl (C=O) groups is 2. The van der Waals surface area contributed by atoms with Crippen molar-refractivity contribution in [3.05, 3.63) is 70.3 Å². The van der Waals surface area contributed by atoms with Crippen molar-refractivity contribution in [1.29, 1.82) is 0 Å². The zero-order chi connectivity index (χ0) is 23.9. The molecule has 0 atom stereocenters. The van der Waals surface area contributed by atoms with Crippen LogP contribution in [-0.2, 0) is 10.6 Å². The Balaban J connectivity index is 2.48. The van der Waals surface area contributed by atoms with Gasteiger partial charge in [0.1, 0.15) is 12.2 Å². The van der Waals surface area contributed by atoms with E-state index in [0.29, 0.717) is 17.7 Å². The molecule has 0 spiro atoms. The normalized spacial score (nSPS) is 11.3. The smallest absolute Gasteiger partial charge is 0.284 e. The summed E-state index contributed by atoms with van der Waals surface area (Å²) < 4.78 is 7.13. The monoisotopic (exact) mass is 456 g/mol. The van der Waals surface area contributed by atoms with Gasteiger partial charge in [0.05, 0.1) is 12.1 Å². The van der Waals surface area contributed by atoms with Crippen LogP contribution in [0.4, 0.5) is 0 Å². The standard InChI is InChI=1S/C26H36N2O3S/c1-8-10-15-31-32-28(25(30)22-13-11-21(9-2)12-14-22)27(26(5,6)7)24(29)23-17-19(3)16-20(4)18-23/h11-14,16-18H,8-10,15H2,1-7H3. The van der Waals surface area contributed by atoms with Crippen LogP contribution in [0, 0.1) is 13.8 Å².